The van der Waals surface area contributed by atoms with E-state index in [-0.39, 0.29) is 12.3 Å². The maximum absolute atomic E-state index is 12.6. The number of aromatic nitrogens is 1. The van der Waals surface area contributed by atoms with Gasteiger partial charge in [0, 0.05) is 0 Å². The van der Waals surface area contributed by atoms with Crippen molar-refractivity contribution >= 4 is 5.97 Å². The molecule has 0 aliphatic carbocycles. The lowest BCUT2D eigenvalue weighted by atomic mass is 10.1. The minimum absolute atomic E-state index is 0.00537. The second-order valence-corrected chi connectivity index (χ2v) is 3.34. The first-order valence-corrected chi connectivity index (χ1v) is 5.05. The molecule has 0 aromatic carbocycles. The third-order valence-electron chi connectivity index (χ3n) is 1.95. The maximum Gasteiger partial charge on any atom is 0.418 e. The van der Waals surface area contributed by atoms with Crippen molar-refractivity contribution < 1.29 is 22.7 Å². The molecule has 0 fully saturated rings. The van der Waals surface area contributed by atoms with Crippen molar-refractivity contribution in [2.24, 2.45) is 0 Å². The van der Waals surface area contributed by atoms with Crippen molar-refractivity contribution in [3.63, 3.8) is 0 Å². The van der Waals surface area contributed by atoms with E-state index < -0.39 is 23.4 Å². The highest BCUT2D eigenvalue weighted by Gasteiger charge is 2.37. The van der Waals surface area contributed by atoms with Gasteiger partial charge in [-0.2, -0.15) is 18.4 Å². The molecule has 0 bridgehead atoms. The summed E-state index contributed by atoms with van der Waals surface area (Å²) >= 11 is 0. The predicted octanol–water partition coefficient (Wildman–Crippen LogP) is 2.54. The SMILES string of the molecule is CCCOC(=O)c1nc(C#N)ccc1C(F)(F)F. The van der Waals surface area contributed by atoms with E-state index in [2.05, 4.69) is 9.72 Å². The molecule has 1 aromatic rings. The largest absolute Gasteiger partial charge is 0.461 e. The molecule has 4 nitrogen and oxygen atoms in total. The van der Waals surface area contributed by atoms with Crippen LogP contribution in [0.1, 0.15) is 35.1 Å². The number of carbonyl (C=O) groups is 1. The van der Waals surface area contributed by atoms with Crippen LogP contribution in [0.15, 0.2) is 12.1 Å². The van der Waals surface area contributed by atoms with Crippen molar-refractivity contribution in [3.05, 3.63) is 29.1 Å². The Labute approximate surface area is 101 Å². The van der Waals surface area contributed by atoms with Crippen LogP contribution >= 0.6 is 0 Å². The molecule has 1 heterocycles. The Hall–Kier alpha value is -2.10. The fourth-order valence-electron chi connectivity index (χ4n) is 1.17. The van der Waals surface area contributed by atoms with Crippen LogP contribution in [0.25, 0.3) is 0 Å². The third-order valence-corrected chi connectivity index (χ3v) is 1.95. The topological polar surface area (TPSA) is 63.0 Å². The van der Waals surface area contributed by atoms with E-state index in [0.717, 1.165) is 6.07 Å². The fourth-order valence-corrected chi connectivity index (χ4v) is 1.17. The van der Waals surface area contributed by atoms with Gasteiger partial charge in [-0.15, -0.1) is 0 Å². The maximum atomic E-state index is 12.6. The van der Waals surface area contributed by atoms with E-state index in [1.165, 1.54) is 0 Å². The highest BCUT2D eigenvalue weighted by molar-refractivity contribution is 5.89. The molecule has 0 atom stereocenters. The molecule has 7 heteroatoms. The monoisotopic (exact) mass is 258 g/mol. The number of pyridine rings is 1. The zero-order chi connectivity index (χ0) is 13.8. The number of hydrogen-bond acceptors (Lipinski definition) is 4. The predicted molar refractivity (Wildman–Crippen MR) is 54.5 cm³/mol. The van der Waals surface area contributed by atoms with E-state index >= 15 is 0 Å². The second-order valence-electron chi connectivity index (χ2n) is 3.34. The van der Waals surface area contributed by atoms with Crippen LogP contribution in [-0.4, -0.2) is 17.6 Å². The zero-order valence-electron chi connectivity index (χ0n) is 9.41. The summed E-state index contributed by atoms with van der Waals surface area (Å²) in [5.41, 5.74) is -2.36. The summed E-state index contributed by atoms with van der Waals surface area (Å²) < 4.78 is 42.5. The van der Waals surface area contributed by atoms with Crippen molar-refractivity contribution in [1.82, 2.24) is 4.98 Å². The number of rotatable bonds is 3. The normalized spacial score (nSPS) is 10.8. The van der Waals surface area contributed by atoms with Crippen LogP contribution in [0.4, 0.5) is 13.2 Å². The van der Waals surface area contributed by atoms with E-state index in [1.807, 2.05) is 0 Å². The molecule has 0 spiro atoms. The molecule has 0 saturated heterocycles. The molecule has 18 heavy (non-hydrogen) atoms. The Morgan fingerprint density at radius 3 is 2.67 bits per heavy atom. The summed E-state index contributed by atoms with van der Waals surface area (Å²) in [6.45, 7) is 1.70. The van der Waals surface area contributed by atoms with Crippen molar-refractivity contribution in [1.29, 1.82) is 5.26 Å². The van der Waals surface area contributed by atoms with Crippen LogP contribution in [-0.2, 0) is 10.9 Å². The second kappa shape index (κ2) is 5.49. The van der Waals surface area contributed by atoms with Crippen LogP contribution in [0.3, 0.4) is 0 Å². The van der Waals surface area contributed by atoms with E-state index in [0.29, 0.717) is 12.5 Å². The highest BCUT2D eigenvalue weighted by Crippen LogP contribution is 2.31. The van der Waals surface area contributed by atoms with E-state index in [9.17, 15) is 18.0 Å². The number of halogens is 3. The fraction of sp³-hybridized carbons (Fsp3) is 0.364. The molecule has 0 N–H and O–H groups in total. The van der Waals surface area contributed by atoms with E-state index in [1.54, 1.807) is 13.0 Å². The van der Waals surface area contributed by atoms with Gasteiger partial charge in [-0.3, -0.25) is 0 Å². The summed E-state index contributed by atoms with van der Waals surface area (Å²) in [5, 5.41) is 8.57. The van der Waals surface area contributed by atoms with Gasteiger partial charge in [0.05, 0.1) is 12.2 Å². The Bertz CT molecular complexity index is 492. The molecule has 0 aliphatic heterocycles. The number of carbonyl (C=O) groups excluding carboxylic acids is 1. The number of esters is 1. The number of nitriles is 1. The lowest BCUT2D eigenvalue weighted by Gasteiger charge is -2.11. The molecule has 0 radical (unpaired) electrons. The Balaban J connectivity index is 3.21. The standard InChI is InChI=1S/C11H9F3N2O2/c1-2-5-18-10(17)9-8(11(12,13)14)4-3-7(6-15)16-9/h3-4H,2,5H2,1H3. The van der Waals surface area contributed by atoms with Gasteiger partial charge < -0.3 is 4.74 Å². The summed E-state index contributed by atoms with van der Waals surface area (Å²) in [7, 11) is 0. The average Bonchev–Trinajstić information content (AvgIpc) is 2.34. The molecule has 0 unspecified atom stereocenters. The number of nitrogens with zero attached hydrogens (tertiary/aromatic N) is 2. The first-order valence-electron chi connectivity index (χ1n) is 5.05. The average molecular weight is 258 g/mol. The molecule has 96 valence electrons. The van der Waals surface area contributed by atoms with E-state index in [4.69, 9.17) is 5.26 Å². The Morgan fingerprint density at radius 2 is 2.17 bits per heavy atom. The minimum atomic E-state index is -4.72. The summed E-state index contributed by atoms with van der Waals surface area (Å²) in [4.78, 5) is 14.8. The molecule has 0 amide bonds. The highest BCUT2D eigenvalue weighted by atomic mass is 19.4. The number of hydrogen-bond donors (Lipinski definition) is 0. The van der Waals surface area contributed by atoms with Gasteiger partial charge in [-0.25, -0.2) is 9.78 Å². The number of alkyl halides is 3. The minimum Gasteiger partial charge on any atom is -0.461 e. The Morgan fingerprint density at radius 1 is 1.50 bits per heavy atom. The van der Waals surface area contributed by atoms with Gasteiger partial charge in [0.1, 0.15) is 11.8 Å². The first-order chi connectivity index (χ1) is 8.40. The van der Waals surface area contributed by atoms with Gasteiger partial charge in [0.25, 0.3) is 0 Å². The van der Waals surface area contributed by atoms with Crippen LogP contribution < -0.4 is 0 Å². The number of ether oxygens (including phenoxy) is 1. The summed E-state index contributed by atoms with van der Waals surface area (Å²) in [6.07, 6.45) is -4.24. The quantitative estimate of drug-likeness (QED) is 0.781. The van der Waals surface area contributed by atoms with Gasteiger partial charge >= 0.3 is 12.1 Å². The van der Waals surface area contributed by atoms with Gasteiger partial charge in [0.2, 0.25) is 0 Å². The van der Waals surface area contributed by atoms with Crippen molar-refractivity contribution in [2.75, 3.05) is 6.61 Å². The molecule has 1 rings (SSSR count). The van der Waals surface area contributed by atoms with Crippen LogP contribution in [0.2, 0.25) is 0 Å². The molecule has 1 aromatic heterocycles. The third kappa shape index (κ3) is 3.20. The molecule has 0 aliphatic rings. The molecular formula is C11H9F3N2O2. The van der Waals surface area contributed by atoms with Gasteiger partial charge in [0.15, 0.2) is 5.69 Å². The zero-order valence-corrected chi connectivity index (χ0v) is 9.41. The first kappa shape index (κ1) is 14.0. The smallest absolute Gasteiger partial charge is 0.418 e. The van der Waals surface area contributed by atoms with Crippen molar-refractivity contribution in [3.8, 4) is 6.07 Å². The van der Waals surface area contributed by atoms with Gasteiger partial charge in [-0.05, 0) is 18.6 Å². The molecular weight excluding hydrogens is 249 g/mol. The summed E-state index contributed by atoms with van der Waals surface area (Å²) in [5.74, 6) is -1.18. The van der Waals surface area contributed by atoms with Gasteiger partial charge in [-0.1, -0.05) is 6.92 Å². The van der Waals surface area contributed by atoms with Crippen LogP contribution in [0.5, 0.6) is 0 Å². The molecule has 0 saturated carbocycles. The summed E-state index contributed by atoms with van der Waals surface area (Å²) in [6, 6.07) is 3.12. The Kier molecular flexibility index (Phi) is 4.26. The lowest BCUT2D eigenvalue weighted by molar-refractivity contribution is -0.138. The lowest BCUT2D eigenvalue weighted by Crippen LogP contribution is -2.18. The van der Waals surface area contributed by atoms with Crippen molar-refractivity contribution in [2.45, 2.75) is 19.5 Å². The van der Waals surface area contributed by atoms with Crippen LogP contribution in [0, 0.1) is 11.3 Å².